The Kier molecular flexibility index (Phi) is 7.13. The first-order valence-corrected chi connectivity index (χ1v) is 12.1. The molecule has 1 fully saturated rings. The SMILES string of the molecule is Cc1ccc(CNC(=O)c2csc(C3CCN(C(=O)c4ccc(OC(C)C)cc4)CC3)n2)o1. The number of amides is 2. The largest absolute Gasteiger partial charge is 0.491 e. The maximum atomic E-state index is 12.9. The van der Waals surface area contributed by atoms with Crippen molar-refractivity contribution in [1.82, 2.24) is 15.2 Å². The van der Waals surface area contributed by atoms with E-state index in [2.05, 4.69) is 10.3 Å². The van der Waals surface area contributed by atoms with Crippen molar-refractivity contribution in [2.75, 3.05) is 13.1 Å². The number of rotatable bonds is 7. The van der Waals surface area contributed by atoms with Gasteiger partial charge in [0.15, 0.2) is 0 Å². The highest BCUT2D eigenvalue weighted by Crippen LogP contribution is 2.31. The molecule has 1 aliphatic heterocycles. The molecule has 0 spiro atoms. The molecule has 7 nitrogen and oxygen atoms in total. The van der Waals surface area contributed by atoms with Gasteiger partial charge in [0.2, 0.25) is 0 Å². The molecule has 1 aliphatic rings. The Balaban J connectivity index is 1.28. The second-order valence-corrected chi connectivity index (χ2v) is 9.41. The molecule has 0 aliphatic carbocycles. The van der Waals surface area contributed by atoms with Crippen LogP contribution in [-0.4, -0.2) is 40.9 Å². The van der Waals surface area contributed by atoms with E-state index in [1.807, 2.05) is 62.1 Å². The summed E-state index contributed by atoms with van der Waals surface area (Å²) in [6, 6.07) is 11.1. The summed E-state index contributed by atoms with van der Waals surface area (Å²) in [5.74, 6) is 2.40. The van der Waals surface area contributed by atoms with Gasteiger partial charge < -0.3 is 19.4 Å². The summed E-state index contributed by atoms with van der Waals surface area (Å²) >= 11 is 1.51. The van der Waals surface area contributed by atoms with Gasteiger partial charge in [-0.25, -0.2) is 4.98 Å². The van der Waals surface area contributed by atoms with Crippen molar-refractivity contribution in [3.63, 3.8) is 0 Å². The van der Waals surface area contributed by atoms with Gasteiger partial charge in [-0.05, 0) is 70.0 Å². The Labute approximate surface area is 197 Å². The Morgan fingerprint density at radius 2 is 1.91 bits per heavy atom. The van der Waals surface area contributed by atoms with Gasteiger partial charge in [-0.2, -0.15) is 0 Å². The Bertz CT molecular complexity index is 1100. The molecule has 4 rings (SSSR count). The smallest absolute Gasteiger partial charge is 0.271 e. The van der Waals surface area contributed by atoms with E-state index in [9.17, 15) is 9.59 Å². The number of furan rings is 1. The van der Waals surface area contributed by atoms with Gasteiger partial charge in [0.25, 0.3) is 11.8 Å². The molecule has 2 aromatic heterocycles. The van der Waals surface area contributed by atoms with E-state index in [1.165, 1.54) is 11.3 Å². The highest BCUT2D eigenvalue weighted by atomic mass is 32.1. The van der Waals surface area contributed by atoms with Crippen molar-refractivity contribution in [2.45, 2.75) is 52.2 Å². The number of thiazole rings is 1. The third-order valence-electron chi connectivity index (χ3n) is 5.58. The molecule has 0 saturated carbocycles. The maximum Gasteiger partial charge on any atom is 0.271 e. The Hall–Kier alpha value is -3.13. The molecule has 2 amide bonds. The van der Waals surface area contributed by atoms with Crippen molar-refractivity contribution in [2.24, 2.45) is 0 Å². The normalized spacial score (nSPS) is 14.5. The van der Waals surface area contributed by atoms with E-state index in [1.54, 1.807) is 5.38 Å². The van der Waals surface area contributed by atoms with Gasteiger partial charge >= 0.3 is 0 Å². The molecular weight excluding hydrogens is 438 g/mol. The van der Waals surface area contributed by atoms with Gasteiger partial charge in [0.1, 0.15) is 23.0 Å². The van der Waals surface area contributed by atoms with Crippen molar-refractivity contribution < 1.29 is 18.7 Å². The molecule has 1 aromatic carbocycles. The number of nitrogens with zero attached hydrogens (tertiary/aromatic N) is 2. The van der Waals surface area contributed by atoms with Crippen LogP contribution in [0.15, 0.2) is 46.2 Å². The van der Waals surface area contributed by atoms with Crippen LogP contribution < -0.4 is 10.1 Å². The molecule has 0 bridgehead atoms. The van der Waals surface area contributed by atoms with Crippen LogP contribution in [0.3, 0.4) is 0 Å². The lowest BCUT2D eigenvalue weighted by Crippen LogP contribution is -2.37. The highest BCUT2D eigenvalue weighted by molar-refractivity contribution is 7.09. The lowest BCUT2D eigenvalue weighted by atomic mass is 9.97. The molecule has 8 heteroatoms. The van der Waals surface area contributed by atoms with Gasteiger partial charge in [0, 0.05) is 30.0 Å². The van der Waals surface area contributed by atoms with Crippen LogP contribution in [0.4, 0.5) is 0 Å². The number of nitrogens with one attached hydrogen (secondary N) is 1. The zero-order valence-corrected chi connectivity index (χ0v) is 20.0. The predicted molar refractivity (Wildman–Crippen MR) is 127 cm³/mol. The van der Waals surface area contributed by atoms with Crippen LogP contribution in [0.5, 0.6) is 5.75 Å². The van der Waals surface area contributed by atoms with Gasteiger partial charge in [-0.15, -0.1) is 11.3 Å². The summed E-state index contributed by atoms with van der Waals surface area (Å²) in [5.41, 5.74) is 1.10. The second-order valence-electron chi connectivity index (χ2n) is 8.52. The van der Waals surface area contributed by atoms with Crippen LogP contribution in [0, 0.1) is 6.92 Å². The minimum Gasteiger partial charge on any atom is -0.491 e. The number of likely N-dealkylation sites (tertiary alicyclic amines) is 1. The van der Waals surface area contributed by atoms with E-state index in [4.69, 9.17) is 9.15 Å². The fourth-order valence-electron chi connectivity index (χ4n) is 3.88. The fraction of sp³-hybridized carbons (Fsp3) is 0.400. The third-order valence-corrected chi connectivity index (χ3v) is 6.59. The highest BCUT2D eigenvalue weighted by Gasteiger charge is 2.27. The zero-order chi connectivity index (χ0) is 23.4. The maximum absolute atomic E-state index is 12.9. The van der Waals surface area contributed by atoms with Gasteiger partial charge in [-0.1, -0.05) is 0 Å². The van der Waals surface area contributed by atoms with Crippen LogP contribution >= 0.6 is 11.3 Å². The molecule has 0 atom stereocenters. The summed E-state index contributed by atoms with van der Waals surface area (Å²) in [7, 11) is 0. The van der Waals surface area contributed by atoms with Crippen molar-refractivity contribution >= 4 is 23.2 Å². The number of hydrogen-bond acceptors (Lipinski definition) is 6. The lowest BCUT2D eigenvalue weighted by molar-refractivity contribution is 0.0713. The number of ether oxygens (including phenoxy) is 1. The predicted octanol–water partition coefficient (Wildman–Crippen LogP) is 4.78. The summed E-state index contributed by atoms with van der Waals surface area (Å²) < 4.78 is 11.1. The van der Waals surface area contributed by atoms with Crippen LogP contribution in [0.2, 0.25) is 0 Å². The number of aromatic nitrogens is 1. The topological polar surface area (TPSA) is 84.7 Å². The van der Waals surface area contributed by atoms with E-state index in [0.29, 0.717) is 30.9 Å². The first-order chi connectivity index (χ1) is 15.9. The van der Waals surface area contributed by atoms with E-state index >= 15 is 0 Å². The second kappa shape index (κ2) is 10.2. The number of hydrogen-bond donors (Lipinski definition) is 1. The zero-order valence-electron chi connectivity index (χ0n) is 19.2. The standard InChI is InChI=1S/C25H29N3O4S/c1-16(2)31-20-8-5-19(6-9-20)25(30)28-12-10-18(11-13-28)24-27-22(15-33-24)23(29)26-14-21-7-4-17(3)32-21/h4-9,15-16,18H,10-14H2,1-3H3,(H,26,29). The van der Waals surface area contributed by atoms with E-state index < -0.39 is 0 Å². The monoisotopic (exact) mass is 467 g/mol. The van der Waals surface area contributed by atoms with Gasteiger partial charge in [-0.3, -0.25) is 9.59 Å². The van der Waals surface area contributed by atoms with Crippen LogP contribution in [0.25, 0.3) is 0 Å². The molecule has 174 valence electrons. The minimum absolute atomic E-state index is 0.0388. The molecular formula is C25H29N3O4S. The molecule has 1 saturated heterocycles. The number of carbonyl (C=O) groups is 2. The van der Waals surface area contributed by atoms with Crippen molar-refractivity contribution in [3.8, 4) is 5.75 Å². The Morgan fingerprint density at radius 3 is 2.55 bits per heavy atom. The van der Waals surface area contributed by atoms with Crippen molar-refractivity contribution in [3.05, 3.63) is 69.6 Å². The van der Waals surface area contributed by atoms with Crippen LogP contribution in [0.1, 0.15) is 70.0 Å². The molecule has 0 unspecified atom stereocenters. The minimum atomic E-state index is -0.205. The molecule has 33 heavy (non-hydrogen) atoms. The van der Waals surface area contributed by atoms with Gasteiger partial charge in [0.05, 0.1) is 17.7 Å². The van der Waals surface area contributed by atoms with Crippen LogP contribution in [-0.2, 0) is 6.54 Å². The summed E-state index contributed by atoms with van der Waals surface area (Å²) in [5, 5.41) is 5.61. The third kappa shape index (κ3) is 5.82. The first kappa shape index (κ1) is 23.0. The number of carbonyl (C=O) groups excluding carboxylic acids is 2. The molecule has 3 heterocycles. The first-order valence-electron chi connectivity index (χ1n) is 11.2. The molecule has 3 aromatic rings. The number of aryl methyl sites for hydroxylation is 1. The average molecular weight is 468 g/mol. The van der Waals surface area contributed by atoms with E-state index in [-0.39, 0.29) is 23.8 Å². The summed E-state index contributed by atoms with van der Waals surface area (Å²) in [4.78, 5) is 31.8. The van der Waals surface area contributed by atoms with E-state index in [0.717, 1.165) is 35.1 Å². The molecule has 0 radical (unpaired) electrons. The number of benzene rings is 1. The quantitative estimate of drug-likeness (QED) is 0.540. The molecule has 1 N–H and O–H groups in total. The van der Waals surface area contributed by atoms with Crippen molar-refractivity contribution in [1.29, 1.82) is 0 Å². The number of piperidine rings is 1. The lowest BCUT2D eigenvalue weighted by Gasteiger charge is -2.31. The summed E-state index contributed by atoms with van der Waals surface area (Å²) in [6.45, 7) is 7.50. The fourth-order valence-corrected chi connectivity index (χ4v) is 4.85. The Morgan fingerprint density at radius 1 is 1.18 bits per heavy atom. The summed E-state index contributed by atoms with van der Waals surface area (Å²) in [6.07, 6.45) is 1.77. The average Bonchev–Trinajstić information content (AvgIpc) is 3.47.